The Labute approximate surface area is 170 Å². The van der Waals surface area contributed by atoms with Gasteiger partial charge in [-0.25, -0.2) is 4.39 Å². The van der Waals surface area contributed by atoms with Gasteiger partial charge >= 0.3 is 0 Å². The van der Waals surface area contributed by atoms with E-state index in [1.54, 1.807) is 23.6 Å². The van der Waals surface area contributed by atoms with E-state index in [0.29, 0.717) is 34.1 Å². The zero-order chi connectivity index (χ0) is 20.5. The molecule has 0 radical (unpaired) electrons. The van der Waals surface area contributed by atoms with Gasteiger partial charge < -0.3 is 9.73 Å². The van der Waals surface area contributed by atoms with Crippen molar-refractivity contribution < 1.29 is 13.6 Å². The summed E-state index contributed by atoms with van der Waals surface area (Å²) < 4.78 is 21.0. The molecule has 0 spiro atoms. The number of nitrogens with one attached hydrogen (secondary N) is 1. The first kappa shape index (κ1) is 19.2. The normalized spacial score (nSPS) is 13.3. The molecule has 4 rings (SSSR count). The number of anilines is 1. The molecule has 2 heterocycles. The van der Waals surface area contributed by atoms with E-state index >= 15 is 0 Å². The van der Waals surface area contributed by atoms with Crippen LogP contribution < -0.4 is 5.32 Å². The van der Waals surface area contributed by atoms with Crippen LogP contribution in [0.4, 0.5) is 10.2 Å². The summed E-state index contributed by atoms with van der Waals surface area (Å²) in [6.07, 6.45) is 2.11. The zero-order valence-electron chi connectivity index (χ0n) is 15.9. The van der Waals surface area contributed by atoms with Gasteiger partial charge in [-0.05, 0) is 50.5 Å². The summed E-state index contributed by atoms with van der Waals surface area (Å²) in [5, 5.41) is 20.7. The quantitative estimate of drug-likeness (QED) is 0.614. The third-order valence-corrected chi connectivity index (χ3v) is 5.64. The van der Waals surface area contributed by atoms with Crippen LogP contribution in [-0.2, 0) is 4.79 Å². The van der Waals surface area contributed by atoms with E-state index in [2.05, 4.69) is 21.6 Å². The average molecular weight is 411 g/mol. The number of halogens is 1. The van der Waals surface area contributed by atoms with Gasteiger partial charge in [0.05, 0.1) is 17.0 Å². The summed E-state index contributed by atoms with van der Waals surface area (Å²) in [5.74, 6) is 0.609. The molecule has 7 nitrogen and oxygen atoms in total. The molecule has 0 saturated heterocycles. The number of rotatable bonds is 6. The highest BCUT2D eigenvalue weighted by Gasteiger charge is 2.29. The van der Waals surface area contributed by atoms with E-state index in [4.69, 9.17) is 4.42 Å². The largest absolute Gasteiger partial charge is 0.416 e. The number of benzene rings is 1. The number of carbonyl (C=O) groups excluding carboxylic acids is 1. The van der Waals surface area contributed by atoms with E-state index in [9.17, 15) is 14.4 Å². The van der Waals surface area contributed by atoms with E-state index in [-0.39, 0.29) is 11.7 Å². The Bertz CT molecular complexity index is 1130. The third kappa shape index (κ3) is 3.89. The van der Waals surface area contributed by atoms with Crippen LogP contribution in [0.1, 0.15) is 41.5 Å². The number of carbonyl (C=O) groups is 1. The SMILES string of the molecule is Cc1c(C#N)c(NC(=O)CSc2nnc(C3CC3)o2)n(-c2cccc(F)c2)c1C. The molecule has 0 aliphatic heterocycles. The van der Waals surface area contributed by atoms with Crippen LogP contribution in [0.15, 0.2) is 33.9 Å². The summed E-state index contributed by atoms with van der Waals surface area (Å²) in [7, 11) is 0. The predicted molar refractivity (Wildman–Crippen MR) is 106 cm³/mol. The van der Waals surface area contributed by atoms with Crippen molar-refractivity contribution in [2.75, 3.05) is 11.1 Å². The third-order valence-electron chi connectivity index (χ3n) is 4.82. The van der Waals surface area contributed by atoms with Gasteiger partial charge in [0.1, 0.15) is 17.7 Å². The van der Waals surface area contributed by atoms with Gasteiger partial charge in [0.2, 0.25) is 11.8 Å². The summed E-state index contributed by atoms with van der Waals surface area (Å²) in [6, 6.07) is 8.14. The van der Waals surface area contributed by atoms with Crippen molar-refractivity contribution in [3.8, 4) is 11.8 Å². The molecular weight excluding hydrogens is 393 g/mol. The van der Waals surface area contributed by atoms with Gasteiger partial charge in [-0.1, -0.05) is 17.8 Å². The lowest BCUT2D eigenvalue weighted by Gasteiger charge is -2.13. The Hall–Kier alpha value is -3.12. The molecule has 2 aromatic heterocycles. The summed E-state index contributed by atoms with van der Waals surface area (Å²) in [4.78, 5) is 12.6. The summed E-state index contributed by atoms with van der Waals surface area (Å²) in [5.41, 5.74) is 2.35. The van der Waals surface area contributed by atoms with Crippen LogP contribution in [0.2, 0.25) is 0 Å². The van der Waals surface area contributed by atoms with Gasteiger partial charge in [0.15, 0.2) is 0 Å². The van der Waals surface area contributed by atoms with Crippen LogP contribution in [0.3, 0.4) is 0 Å². The second-order valence-corrected chi connectivity index (χ2v) is 7.81. The van der Waals surface area contributed by atoms with Crippen molar-refractivity contribution >= 4 is 23.5 Å². The van der Waals surface area contributed by atoms with E-state index in [1.807, 2.05) is 6.92 Å². The van der Waals surface area contributed by atoms with Crippen molar-refractivity contribution in [2.24, 2.45) is 0 Å². The average Bonchev–Trinajstić information content (AvgIpc) is 3.39. The first-order valence-corrected chi connectivity index (χ1v) is 10.1. The van der Waals surface area contributed by atoms with Crippen LogP contribution in [0.5, 0.6) is 0 Å². The highest BCUT2D eigenvalue weighted by Crippen LogP contribution is 2.39. The van der Waals surface area contributed by atoms with Gasteiger partial charge in [-0.2, -0.15) is 5.26 Å². The predicted octanol–water partition coefficient (Wildman–Crippen LogP) is 4.10. The molecule has 1 amide bonds. The van der Waals surface area contributed by atoms with E-state index in [0.717, 1.165) is 35.9 Å². The number of hydrogen-bond donors (Lipinski definition) is 1. The fourth-order valence-electron chi connectivity index (χ4n) is 3.07. The Kier molecular flexibility index (Phi) is 5.11. The minimum Gasteiger partial charge on any atom is -0.416 e. The molecule has 0 bridgehead atoms. The first-order chi connectivity index (χ1) is 14.0. The minimum atomic E-state index is -0.401. The van der Waals surface area contributed by atoms with Crippen molar-refractivity contribution in [3.05, 3.63) is 52.8 Å². The molecule has 3 aromatic rings. The number of nitriles is 1. The van der Waals surface area contributed by atoms with Crippen molar-refractivity contribution in [1.29, 1.82) is 5.26 Å². The van der Waals surface area contributed by atoms with Crippen LogP contribution in [-0.4, -0.2) is 26.4 Å². The highest BCUT2D eigenvalue weighted by atomic mass is 32.2. The monoisotopic (exact) mass is 411 g/mol. The summed E-state index contributed by atoms with van der Waals surface area (Å²) >= 11 is 1.14. The molecule has 1 N–H and O–H groups in total. The maximum absolute atomic E-state index is 13.7. The van der Waals surface area contributed by atoms with Crippen LogP contribution >= 0.6 is 11.8 Å². The van der Waals surface area contributed by atoms with Crippen molar-refractivity contribution in [2.45, 2.75) is 37.8 Å². The fraction of sp³-hybridized carbons (Fsp3) is 0.300. The Morgan fingerprint density at radius 1 is 1.41 bits per heavy atom. The molecule has 29 heavy (non-hydrogen) atoms. The number of aromatic nitrogens is 3. The Balaban J connectivity index is 1.55. The number of thioether (sulfide) groups is 1. The maximum atomic E-state index is 13.7. The van der Waals surface area contributed by atoms with Crippen LogP contribution in [0, 0.1) is 31.0 Å². The molecule has 148 valence electrons. The molecular formula is C20H18FN5O2S. The standard InChI is InChI=1S/C20H18FN5O2S/c1-11-12(2)26(15-5-3-4-14(21)8-15)18(16(11)9-22)23-17(27)10-29-20-25-24-19(28-20)13-6-7-13/h3-5,8,13H,6-7,10H2,1-2H3,(H,23,27). The smallest absolute Gasteiger partial charge is 0.277 e. The molecule has 1 saturated carbocycles. The number of amides is 1. The van der Waals surface area contributed by atoms with Gasteiger partial charge in [0.25, 0.3) is 5.22 Å². The molecule has 9 heteroatoms. The molecule has 0 atom stereocenters. The minimum absolute atomic E-state index is 0.0452. The van der Waals surface area contributed by atoms with Gasteiger partial charge in [-0.3, -0.25) is 9.36 Å². The Morgan fingerprint density at radius 2 is 2.21 bits per heavy atom. The topological polar surface area (TPSA) is 96.7 Å². The lowest BCUT2D eigenvalue weighted by Crippen LogP contribution is -2.17. The lowest BCUT2D eigenvalue weighted by atomic mass is 10.2. The molecule has 0 unspecified atom stereocenters. The highest BCUT2D eigenvalue weighted by molar-refractivity contribution is 7.99. The first-order valence-electron chi connectivity index (χ1n) is 9.12. The molecule has 1 fully saturated rings. The second kappa shape index (κ2) is 7.72. The summed E-state index contributed by atoms with van der Waals surface area (Å²) in [6.45, 7) is 3.62. The van der Waals surface area contributed by atoms with Crippen LogP contribution in [0.25, 0.3) is 5.69 Å². The fourth-order valence-corrected chi connectivity index (χ4v) is 3.64. The lowest BCUT2D eigenvalue weighted by molar-refractivity contribution is -0.113. The maximum Gasteiger partial charge on any atom is 0.277 e. The molecule has 1 aliphatic rings. The molecule has 1 aromatic carbocycles. The molecule has 1 aliphatic carbocycles. The van der Waals surface area contributed by atoms with Gasteiger partial charge in [-0.15, -0.1) is 10.2 Å². The van der Waals surface area contributed by atoms with E-state index in [1.165, 1.54) is 12.1 Å². The zero-order valence-corrected chi connectivity index (χ0v) is 16.7. The number of nitrogens with zero attached hydrogens (tertiary/aromatic N) is 4. The van der Waals surface area contributed by atoms with Crippen molar-refractivity contribution in [1.82, 2.24) is 14.8 Å². The number of hydrogen-bond acceptors (Lipinski definition) is 6. The van der Waals surface area contributed by atoms with Gasteiger partial charge in [0, 0.05) is 11.6 Å². The second-order valence-electron chi connectivity index (χ2n) is 6.88. The van der Waals surface area contributed by atoms with Crippen molar-refractivity contribution in [3.63, 3.8) is 0 Å². The van der Waals surface area contributed by atoms with E-state index < -0.39 is 5.82 Å². The Morgan fingerprint density at radius 3 is 2.90 bits per heavy atom.